The first-order valence-corrected chi connectivity index (χ1v) is 6.54. The van der Waals surface area contributed by atoms with E-state index < -0.39 is 0 Å². The number of aromatic nitrogens is 3. The molecule has 0 aliphatic heterocycles. The maximum absolute atomic E-state index is 12.2. The number of nitrogens with one attached hydrogen (secondary N) is 1. The molecule has 0 saturated carbocycles. The summed E-state index contributed by atoms with van der Waals surface area (Å²) in [5.74, 6) is 0.582. The van der Waals surface area contributed by atoms with Crippen molar-refractivity contribution in [2.45, 2.75) is 33.9 Å². The lowest BCUT2D eigenvalue weighted by atomic mass is 10.0. The first kappa shape index (κ1) is 14.0. The van der Waals surface area contributed by atoms with Gasteiger partial charge in [-0.1, -0.05) is 6.07 Å². The Balaban J connectivity index is 2.11. The van der Waals surface area contributed by atoms with Crippen LogP contribution < -0.4 is 11.1 Å². The molecule has 2 rings (SSSR count). The molecule has 3 N–H and O–H groups in total. The zero-order valence-electron chi connectivity index (χ0n) is 12.0. The van der Waals surface area contributed by atoms with Crippen molar-refractivity contribution in [2.24, 2.45) is 0 Å². The van der Waals surface area contributed by atoms with Crippen LogP contribution in [0.15, 0.2) is 18.5 Å². The summed E-state index contributed by atoms with van der Waals surface area (Å²) in [6.45, 7) is 6.94. The second kappa shape index (κ2) is 5.73. The fourth-order valence-corrected chi connectivity index (χ4v) is 2.05. The molecule has 0 aliphatic rings. The third kappa shape index (κ3) is 2.79. The molecule has 0 bridgehead atoms. The third-order valence-corrected chi connectivity index (χ3v) is 3.30. The average molecular weight is 273 g/mol. The summed E-state index contributed by atoms with van der Waals surface area (Å²) >= 11 is 0. The van der Waals surface area contributed by atoms with E-state index in [9.17, 15) is 4.79 Å². The topological polar surface area (TPSA) is 85.8 Å². The van der Waals surface area contributed by atoms with E-state index >= 15 is 0 Å². The van der Waals surface area contributed by atoms with Gasteiger partial charge < -0.3 is 15.6 Å². The molecule has 20 heavy (non-hydrogen) atoms. The Morgan fingerprint density at radius 2 is 2.10 bits per heavy atom. The molecule has 1 amide bonds. The second-order valence-corrected chi connectivity index (χ2v) is 4.74. The maximum atomic E-state index is 12.2. The van der Waals surface area contributed by atoms with Crippen LogP contribution in [0, 0.1) is 13.8 Å². The summed E-state index contributed by atoms with van der Waals surface area (Å²) in [6.07, 6.45) is 1.65. The van der Waals surface area contributed by atoms with E-state index in [1.165, 1.54) is 0 Å². The number of hydrogen-bond acceptors (Lipinski definition) is 4. The highest BCUT2D eigenvalue weighted by atomic mass is 16.1. The number of aryl methyl sites for hydroxylation is 3. The molecule has 0 unspecified atom stereocenters. The van der Waals surface area contributed by atoms with E-state index in [-0.39, 0.29) is 5.91 Å². The predicted molar refractivity (Wildman–Crippen MR) is 77.2 cm³/mol. The first-order valence-electron chi connectivity index (χ1n) is 6.54. The van der Waals surface area contributed by atoms with Crippen LogP contribution in [-0.2, 0) is 13.1 Å². The van der Waals surface area contributed by atoms with Crippen molar-refractivity contribution < 1.29 is 4.79 Å². The van der Waals surface area contributed by atoms with Gasteiger partial charge in [0.1, 0.15) is 6.33 Å². The molecule has 1 aromatic heterocycles. The molecule has 0 saturated heterocycles. The van der Waals surface area contributed by atoms with E-state index in [2.05, 4.69) is 15.5 Å². The number of amides is 1. The standard InChI is InChI=1S/C14H19N5O/c1-4-19-8-17-18-13(19)7-16-14(20)11-6-12(15)10(3)5-9(11)2/h5-6,8H,4,7,15H2,1-3H3,(H,16,20). The number of carbonyl (C=O) groups is 1. The van der Waals surface area contributed by atoms with Crippen molar-refractivity contribution in [2.75, 3.05) is 5.73 Å². The minimum Gasteiger partial charge on any atom is -0.398 e. The molecule has 0 fully saturated rings. The van der Waals surface area contributed by atoms with E-state index in [0.717, 1.165) is 23.5 Å². The number of nitrogen functional groups attached to an aromatic ring is 1. The van der Waals surface area contributed by atoms with Crippen molar-refractivity contribution in [1.29, 1.82) is 0 Å². The number of hydrogen-bond donors (Lipinski definition) is 2. The molecule has 6 nitrogen and oxygen atoms in total. The number of nitrogens with two attached hydrogens (primary N) is 1. The Labute approximate surface area is 118 Å². The van der Waals surface area contributed by atoms with Gasteiger partial charge in [-0.15, -0.1) is 10.2 Å². The molecule has 106 valence electrons. The van der Waals surface area contributed by atoms with Crippen molar-refractivity contribution in [3.8, 4) is 0 Å². The summed E-state index contributed by atoms with van der Waals surface area (Å²) in [5.41, 5.74) is 8.96. The van der Waals surface area contributed by atoms with Gasteiger partial charge in [0.05, 0.1) is 6.54 Å². The second-order valence-electron chi connectivity index (χ2n) is 4.74. The van der Waals surface area contributed by atoms with E-state index in [1.807, 2.05) is 31.4 Å². The van der Waals surface area contributed by atoms with Gasteiger partial charge in [-0.05, 0) is 38.0 Å². The molecule has 0 radical (unpaired) electrons. The van der Waals surface area contributed by atoms with Crippen molar-refractivity contribution in [3.05, 3.63) is 41.0 Å². The van der Waals surface area contributed by atoms with Crippen molar-refractivity contribution >= 4 is 11.6 Å². The quantitative estimate of drug-likeness (QED) is 0.825. The molecule has 0 atom stereocenters. The van der Waals surface area contributed by atoms with Gasteiger partial charge in [-0.3, -0.25) is 4.79 Å². The molecule has 2 aromatic rings. The van der Waals surface area contributed by atoms with E-state index in [0.29, 0.717) is 17.8 Å². The predicted octanol–water partition coefficient (Wildman–Crippen LogP) is 1.43. The Kier molecular flexibility index (Phi) is 4.02. The zero-order valence-corrected chi connectivity index (χ0v) is 12.0. The summed E-state index contributed by atoms with van der Waals surface area (Å²) in [5, 5.41) is 10.7. The summed E-state index contributed by atoms with van der Waals surface area (Å²) in [6, 6.07) is 3.63. The van der Waals surface area contributed by atoms with Crippen LogP contribution in [0.25, 0.3) is 0 Å². The number of benzene rings is 1. The molecule has 1 aromatic carbocycles. The van der Waals surface area contributed by atoms with Gasteiger partial charge in [-0.25, -0.2) is 0 Å². The molecular formula is C14H19N5O. The minimum absolute atomic E-state index is 0.153. The smallest absolute Gasteiger partial charge is 0.252 e. The van der Waals surface area contributed by atoms with Crippen LogP contribution in [-0.4, -0.2) is 20.7 Å². The first-order chi connectivity index (χ1) is 9.52. The highest BCUT2D eigenvalue weighted by Gasteiger charge is 2.12. The minimum atomic E-state index is -0.153. The van der Waals surface area contributed by atoms with Crippen LogP contribution in [0.2, 0.25) is 0 Å². The van der Waals surface area contributed by atoms with Gasteiger partial charge in [-0.2, -0.15) is 0 Å². The monoisotopic (exact) mass is 273 g/mol. The van der Waals surface area contributed by atoms with Crippen molar-refractivity contribution in [3.63, 3.8) is 0 Å². The number of rotatable bonds is 4. The fourth-order valence-electron chi connectivity index (χ4n) is 2.05. The van der Waals surface area contributed by atoms with Crippen LogP contribution in [0.3, 0.4) is 0 Å². The van der Waals surface area contributed by atoms with Gasteiger partial charge in [0.25, 0.3) is 5.91 Å². The van der Waals surface area contributed by atoms with Gasteiger partial charge in [0.2, 0.25) is 0 Å². The molecule has 0 aliphatic carbocycles. The Hall–Kier alpha value is -2.37. The van der Waals surface area contributed by atoms with Crippen LogP contribution in [0.5, 0.6) is 0 Å². The normalized spacial score (nSPS) is 10.6. The summed E-state index contributed by atoms with van der Waals surface area (Å²) in [4.78, 5) is 12.2. The molecule has 6 heteroatoms. The van der Waals surface area contributed by atoms with E-state index in [4.69, 9.17) is 5.73 Å². The Morgan fingerprint density at radius 1 is 1.35 bits per heavy atom. The zero-order chi connectivity index (χ0) is 14.7. The summed E-state index contributed by atoms with van der Waals surface area (Å²) in [7, 11) is 0. The van der Waals surface area contributed by atoms with Crippen molar-refractivity contribution in [1.82, 2.24) is 20.1 Å². The molecule has 0 spiro atoms. The fraction of sp³-hybridized carbons (Fsp3) is 0.357. The highest BCUT2D eigenvalue weighted by Crippen LogP contribution is 2.17. The van der Waals surface area contributed by atoms with Gasteiger partial charge in [0, 0.05) is 17.8 Å². The molecule has 1 heterocycles. The third-order valence-electron chi connectivity index (χ3n) is 3.30. The SMILES string of the molecule is CCn1cnnc1CNC(=O)c1cc(N)c(C)cc1C. The van der Waals surface area contributed by atoms with Crippen LogP contribution in [0.1, 0.15) is 34.2 Å². The average Bonchev–Trinajstić information content (AvgIpc) is 2.87. The lowest BCUT2D eigenvalue weighted by molar-refractivity contribution is 0.0949. The molecular weight excluding hydrogens is 254 g/mol. The van der Waals surface area contributed by atoms with Gasteiger partial charge in [0.15, 0.2) is 5.82 Å². The van der Waals surface area contributed by atoms with Crippen LogP contribution in [0.4, 0.5) is 5.69 Å². The Bertz CT molecular complexity index is 632. The lowest BCUT2D eigenvalue weighted by Gasteiger charge is -2.10. The highest BCUT2D eigenvalue weighted by molar-refractivity contribution is 5.96. The van der Waals surface area contributed by atoms with Gasteiger partial charge >= 0.3 is 0 Å². The van der Waals surface area contributed by atoms with E-state index in [1.54, 1.807) is 12.4 Å². The van der Waals surface area contributed by atoms with Crippen LogP contribution >= 0.6 is 0 Å². The maximum Gasteiger partial charge on any atom is 0.252 e. The largest absolute Gasteiger partial charge is 0.398 e. The Morgan fingerprint density at radius 3 is 2.80 bits per heavy atom. The summed E-state index contributed by atoms with van der Waals surface area (Å²) < 4.78 is 1.89. The number of carbonyl (C=O) groups excluding carboxylic acids is 1. The number of anilines is 1. The lowest BCUT2D eigenvalue weighted by Crippen LogP contribution is -2.25. The number of nitrogens with zero attached hydrogens (tertiary/aromatic N) is 3.